The van der Waals surface area contributed by atoms with Crippen LogP contribution in [0, 0.1) is 0 Å². The van der Waals surface area contributed by atoms with Crippen molar-refractivity contribution in [1.82, 2.24) is 25.1 Å². The van der Waals surface area contributed by atoms with Crippen molar-refractivity contribution >= 4 is 17.5 Å². The number of rotatable bonds is 4. The third kappa shape index (κ3) is 3.80. The van der Waals surface area contributed by atoms with E-state index in [1.807, 2.05) is 6.07 Å². The van der Waals surface area contributed by atoms with E-state index in [4.69, 9.17) is 0 Å². The highest BCUT2D eigenvalue weighted by molar-refractivity contribution is 6.39. The first-order valence-corrected chi connectivity index (χ1v) is 7.15. The maximum Gasteiger partial charge on any atom is 0.313 e. The zero-order valence-electron chi connectivity index (χ0n) is 12.6. The quantitative estimate of drug-likeness (QED) is 0.695. The molecule has 3 aromatic rings. The van der Waals surface area contributed by atoms with Gasteiger partial charge in [-0.3, -0.25) is 19.1 Å². The van der Waals surface area contributed by atoms with Gasteiger partial charge in [-0.2, -0.15) is 0 Å². The van der Waals surface area contributed by atoms with Gasteiger partial charge in [-0.15, -0.1) is 10.2 Å². The van der Waals surface area contributed by atoms with Crippen molar-refractivity contribution in [3.8, 4) is 5.69 Å². The standard InChI is InChI=1S/C16H14N6O2/c23-15(18-9-12-4-6-17-7-5-12)16(24)21-13-2-1-3-14(8-13)22-10-19-20-11-22/h1-8,10-11H,9H2,(H,18,23)(H,21,24). The largest absolute Gasteiger partial charge is 0.344 e. The van der Waals surface area contributed by atoms with Crippen LogP contribution in [-0.4, -0.2) is 31.6 Å². The summed E-state index contributed by atoms with van der Waals surface area (Å²) in [4.78, 5) is 27.7. The van der Waals surface area contributed by atoms with Crippen molar-refractivity contribution in [3.05, 3.63) is 67.0 Å². The van der Waals surface area contributed by atoms with Gasteiger partial charge in [0.25, 0.3) is 0 Å². The summed E-state index contributed by atoms with van der Waals surface area (Å²) in [6, 6.07) is 10.5. The van der Waals surface area contributed by atoms with E-state index in [1.54, 1.807) is 59.9 Å². The van der Waals surface area contributed by atoms with Crippen molar-refractivity contribution in [2.24, 2.45) is 0 Å². The van der Waals surface area contributed by atoms with Crippen LogP contribution in [0.1, 0.15) is 5.56 Å². The highest BCUT2D eigenvalue weighted by atomic mass is 16.2. The second-order valence-corrected chi connectivity index (χ2v) is 4.91. The number of anilines is 1. The van der Waals surface area contributed by atoms with E-state index < -0.39 is 11.8 Å². The topological polar surface area (TPSA) is 102 Å². The molecule has 0 radical (unpaired) electrons. The molecular formula is C16H14N6O2. The van der Waals surface area contributed by atoms with Crippen molar-refractivity contribution in [1.29, 1.82) is 0 Å². The average molecular weight is 322 g/mol. The number of carbonyl (C=O) groups is 2. The van der Waals surface area contributed by atoms with Crippen LogP contribution in [0.3, 0.4) is 0 Å². The molecule has 1 aromatic carbocycles. The highest BCUT2D eigenvalue weighted by Gasteiger charge is 2.13. The number of nitrogens with zero attached hydrogens (tertiary/aromatic N) is 4. The Bertz CT molecular complexity index is 833. The fourth-order valence-corrected chi connectivity index (χ4v) is 2.03. The van der Waals surface area contributed by atoms with Gasteiger partial charge in [0.1, 0.15) is 12.7 Å². The number of hydrogen-bond acceptors (Lipinski definition) is 5. The molecule has 24 heavy (non-hydrogen) atoms. The number of amides is 2. The number of carbonyl (C=O) groups excluding carboxylic acids is 2. The lowest BCUT2D eigenvalue weighted by Crippen LogP contribution is -2.34. The minimum Gasteiger partial charge on any atom is -0.344 e. The molecule has 0 aliphatic heterocycles. The van der Waals surface area contributed by atoms with E-state index >= 15 is 0 Å². The fourth-order valence-electron chi connectivity index (χ4n) is 2.03. The van der Waals surface area contributed by atoms with E-state index in [0.717, 1.165) is 11.3 Å². The van der Waals surface area contributed by atoms with E-state index in [0.29, 0.717) is 5.69 Å². The lowest BCUT2D eigenvalue weighted by molar-refractivity contribution is -0.136. The lowest BCUT2D eigenvalue weighted by atomic mass is 10.2. The Hall–Kier alpha value is -3.55. The maximum absolute atomic E-state index is 12.0. The molecule has 2 amide bonds. The molecule has 0 unspecified atom stereocenters. The number of aromatic nitrogens is 4. The molecule has 8 nitrogen and oxygen atoms in total. The predicted molar refractivity (Wildman–Crippen MR) is 86.1 cm³/mol. The Labute approximate surface area is 137 Å². The molecular weight excluding hydrogens is 308 g/mol. The second kappa shape index (κ2) is 7.14. The van der Waals surface area contributed by atoms with Gasteiger partial charge in [0.05, 0.1) is 5.69 Å². The normalized spacial score (nSPS) is 10.2. The lowest BCUT2D eigenvalue weighted by Gasteiger charge is -2.08. The van der Waals surface area contributed by atoms with Crippen molar-refractivity contribution in [2.45, 2.75) is 6.54 Å². The highest BCUT2D eigenvalue weighted by Crippen LogP contribution is 2.13. The van der Waals surface area contributed by atoms with Gasteiger partial charge in [0.15, 0.2) is 0 Å². The van der Waals surface area contributed by atoms with Gasteiger partial charge in [-0.1, -0.05) is 6.07 Å². The zero-order valence-corrected chi connectivity index (χ0v) is 12.6. The van der Waals surface area contributed by atoms with Crippen LogP contribution in [-0.2, 0) is 16.1 Å². The van der Waals surface area contributed by atoms with Gasteiger partial charge in [-0.25, -0.2) is 0 Å². The molecule has 2 N–H and O–H groups in total. The fraction of sp³-hybridized carbons (Fsp3) is 0.0625. The molecule has 8 heteroatoms. The molecule has 0 aliphatic carbocycles. The average Bonchev–Trinajstić information content (AvgIpc) is 3.15. The minimum absolute atomic E-state index is 0.259. The van der Waals surface area contributed by atoms with Crippen LogP contribution in [0.4, 0.5) is 5.69 Å². The van der Waals surface area contributed by atoms with Gasteiger partial charge < -0.3 is 10.6 Å². The number of nitrogens with one attached hydrogen (secondary N) is 2. The first-order valence-electron chi connectivity index (χ1n) is 7.15. The number of benzene rings is 1. The van der Waals surface area contributed by atoms with E-state index in [1.165, 1.54) is 0 Å². The minimum atomic E-state index is -0.732. The van der Waals surface area contributed by atoms with Crippen LogP contribution in [0.5, 0.6) is 0 Å². The van der Waals surface area contributed by atoms with Gasteiger partial charge >= 0.3 is 11.8 Å². The summed E-state index contributed by atoms with van der Waals surface area (Å²) in [7, 11) is 0. The second-order valence-electron chi connectivity index (χ2n) is 4.91. The van der Waals surface area contributed by atoms with Crippen LogP contribution in [0.15, 0.2) is 61.4 Å². The van der Waals surface area contributed by atoms with Gasteiger partial charge in [0, 0.05) is 24.6 Å². The molecule has 120 valence electrons. The first kappa shape index (κ1) is 15.3. The van der Waals surface area contributed by atoms with E-state index in [9.17, 15) is 9.59 Å². The summed E-state index contributed by atoms with van der Waals surface area (Å²) in [6.45, 7) is 0.259. The molecule has 0 bridgehead atoms. The van der Waals surface area contributed by atoms with Crippen molar-refractivity contribution in [2.75, 3.05) is 5.32 Å². The summed E-state index contributed by atoms with van der Waals surface area (Å²) in [5.74, 6) is -1.44. The monoisotopic (exact) mass is 322 g/mol. The molecule has 2 heterocycles. The number of hydrogen-bond donors (Lipinski definition) is 2. The molecule has 2 aromatic heterocycles. The molecule has 0 saturated carbocycles. The summed E-state index contributed by atoms with van der Waals surface area (Å²) in [6.07, 6.45) is 6.33. The van der Waals surface area contributed by atoms with E-state index in [2.05, 4.69) is 25.8 Å². The molecule has 0 fully saturated rings. The Balaban J connectivity index is 1.60. The molecule has 3 rings (SSSR count). The molecule has 0 atom stereocenters. The Morgan fingerprint density at radius 2 is 1.75 bits per heavy atom. The molecule has 0 aliphatic rings. The summed E-state index contributed by atoms with van der Waals surface area (Å²) < 4.78 is 1.69. The van der Waals surface area contributed by atoms with Crippen molar-refractivity contribution in [3.63, 3.8) is 0 Å². The summed E-state index contributed by atoms with van der Waals surface area (Å²) in [5.41, 5.74) is 2.14. The van der Waals surface area contributed by atoms with Crippen LogP contribution in [0.25, 0.3) is 5.69 Å². The van der Waals surface area contributed by atoms with Crippen LogP contribution >= 0.6 is 0 Å². The number of pyridine rings is 1. The first-order chi connectivity index (χ1) is 11.7. The Kier molecular flexibility index (Phi) is 4.57. The Morgan fingerprint density at radius 3 is 2.50 bits per heavy atom. The summed E-state index contributed by atoms with van der Waals surface area (Å²) >= 11 is 0. The molecule has 0 saturated heterocycles. The maximum atomic E-state index is 12.0. The molecule has 0 spiro atoms. The SMILES string of the molecule is O=C(NCc1ccncc1)C(=O)Nc1cccc(-n2cnnc2)c1. The van der Waals surface area contributed by atoms with Gasteiger partial charge in [-0.05, 0) is 35.9 Å². The Morgan fingerprint density at radius 1 is 1.00 bits per heavy atom. The smallest absolute Gasteiger partial charge is 0.313 e. The van der Waals surface area contributed by atoms with Crippen LogP contribution < -0.4 is 10.6 Å². The zero-order chi connectivity index (χ0) is 16.8. The third-order valence-electron chi connectivity index (χ3n) is 3.23. The van der Waals surface area contributed by atoms with Crippen LogP contribution in [0.2, 0.25) is 0 Å². The van der Waals surface area contributed by atoms with E-state index in [-0.39, 0.29) is 6.54 Å². The van der Waals surface area contributed by atoms with Crippen molar-refractivity contribution < 1.29 is 9.59 Å². The third-order valence-corrected chi connectivity index (χ3v) is 3.23. The predicted octanol–water partition coefficient (Wildman–Crippen LogP) is 0.917. The summed E-state index contributed by atoms with van der Waals surface area (Å²) in [5, 5.41) is 12.6. The van der Waals surface area contributed by atoms with Gasteiger partial charge in [0.2, 0.25) is 0 Å².